The van der Waals surface area contributed by atoms with Crippen LogP contribution in [0.5, 0.6) is 0 Å². The maximum Gasteiger partial charge on any atom is 0.179 e. The van der Waals surface area contributed by atoms with E-state index < -0.39 is 0 Å². The molecule has 0 saturated carbocycles. The Morgan fingerprint density at radius 3 is 2.80 bits per heavy atom. The van der Waals surface area contributed by atoms with Gasteiger partial charge in [-0.25, -0.2) is 4.98 Å². The summed E-state index contributed by atoms with van der Waals surface area (Å²) in [4.78, 5) is 7.61. The SMILES string of the molecule is CCC(c1ccccc1)n1c(=S)[nH]c2cc(Cl)cnc21. The molecule has 0 spiro atoms. The van der Waals surface area contributed by atoms with Gasteiger partial charge in [0.2, 0.25) is 0 Å². The van der Waals surface area contributed by atoms with Crippen LogP contribution in [0.4, 0.5) is 0 Å². The predicted molar refractivity (Wildman–Crippen MR) is 84.8 cm³/mol. The normalized spacial score (nSPS) is 12.7. The van der Waals surface area contributed by atoms with E-state index in [1.165, 1.54) is 5.56 Å². The number of H-pyrrole nitrogens is 1. The summed E-state index contributed by atoms with van der Waals surface area (Å²) in [5, 5.41) is 0.605. The number of benzene rings is 1. The second-order valence-electron chi connectivity index (χ2n) is 4.66. The van der Waals surface area contributed by atoms with Gasteiger partial charge >= 0.3 is 0 Å². The Hall–Kier alpha value is -1.65. The fourth-order valence-corrected chi connectivity index (χ4v) is 3.00. The zero-order chi connectivity index (χ0) is 14.1. The third-order valence-corrected chi connectivity index (χ3v) is 3.91. The molecule has 2 heterocycles. The summed E-state index contributed by atoms with van der Waals surface area (Å²) in [7, 11) is 0. The van der Waals surface area contributed by atoms with Crippen molar-refractivity contribution in [3.05, 3.63) is 58.0 Å². The summed E-state index contributed by atoms with van der Waals surface area (Å²) in [6, 6.07) is 12.4. The van der Waals surface area contributed by atoms with Crippen molar-refractivity contribution in [1.82, 2.24) is 14.5 Å². The largest absolute Gasteiger partial charge is 0.329 e. The molecule has 5 heteroatoms. The summed E-state index contributed by atoms with van der Waals surface area (Å²) >= 11 is 11.4. The lowest BCUT2D eigenvalue weighted by atomic mass is 10.0. The van der Waals surface area contributed by atoms with Crippen molar-refractivity contribution >= 4 is 35.0 Å². The van der Waals surface area contributed by atoms with Crippen molar-refractivity contribution in [2.45, 2.75) is 19.4 Å². The molecule has 3 aromatic rings. The van der Waals surface area contributed by atoms with Crippen LogP contribution in [0.2, 0.25) is 5.02 Å². The molecular formula is C15H14ClN3S. The van der Waals surface area contributed by atoms with Gasteiger partial charge in [-0.2, -0.15) is 0 Å². The zero-order valence-electron chi connectivity index (χ0n) is 11.0. The van der Waals surface area contributed by atoms with E-state index in [0.717, 1.165) is 17.6 Å². The smallest absolute Gasteiger partial charge is 0.179 e. The van der Waals surface area contributed by atoms with E-state index in [4.69, 9.17) is 23.8 Å². The average Bonchev–Trinajstić information content (AvgIpc) is 2.77. The number of imidazole rings is 1. The molecule has 0 amide bonds. The molecule has 1 atom stereocenters. The van der Waals surface area contributed by atoms with Crippen LogP contribution in [0.1, 0.15) is 24.9 Å². The summed E-state index contributed by atoms with van der Waals surface area (Å²) in [6.45, 7) is 2.15. The molecule has 0 aliphatic rings. The number of fused-ring (bicyclic) bond motifs is 1. The third-order valence-electron chi connectivity index (χ3n) is 3.40. The molecule has 102 valence electrons. The van der Waals surface area contributed by atoms with Crippen LogP contribution in [0, 0.1) is 4.77 Å². The number of aromatic nitrogens is 3. The summed E-state index contributed by atoms with van der Waals surface area (Å²) < 4.78 is 2.74. The van der Waals surface area contributed by atoms with E-state index in [-0.39, 0.29) is 6.04 Å². The number of aromatic amines is 1. The monoisotopic (exact) mass is 303 g/mol. The van der Waals surface area contributed by atoms with Gasteiger partial charge in [-0.3, -0.25) is 4.57 Å². The molecule has 20 heavy (non-hydrogen) atoms. The second kappa shape index (κ2) is 5.38. The van der Waals surface area contributed by atoms with Gasteiger partial charge in [-0.05, 0) is 30.3 Å². The maximum absolute atomic E-state index is 5.98. The van der Waals surface area contributed by atoms with Crippen molar-refractivity contribution in [1.29, 1.82) is 0 Å². The van der Waals surface area contributed by atoms with E-state index in [0.29, 0.717) is 9.79 Å². The summed E-state index contributed by atoms with van der Waals surface area (Å²) in [6.07, 6.45) is 2.59. The van der Waals surface area contributed by atoms with Gasteiger partial charge in [0.25, 0.3) is 0 Å². The Bertz CT molecular complexity index is 792. The van der Waals surface area contributed by atoms with Gasteiger partial charge in [-0.1, -0.05) is 48.9 Å². The summed E-state index contributed by atoms with van der Waals surface area (Å²) in [5.74, 6) is 0. The highest BCUT2D eigenvalue weighted by Gasteiger charge is 2.16. The highest BCUT2D eigenvalue weighted by Crippen LogP contribution is 2.27. The van der Waals surface area contributed by atoms with Crippen molar-refractivity contribution < 1.29 is 0 Å². The average molecular weight is 304 g/mol. The predicted octanol–water partition coefficient (Wildman–Crippen LogP) is 4.75. The fraction of sp³-hybridized carbons (Fsp3) is 0.200. The fourth-order valence-electron chi connectivity index (χ4n) is 2.52. The molecule has 1 N–H and O–H groups in total. The van der Waals surface area contributed by atoms with Gasteiger partial charge in [-0.15, -0.1) is 0 Å². The first-order valence-electron chi connectivity index (χ1n) is 6.51. The first-order chi connectivity index (χ1) is 9.70. The van der Waals surface area contributed by atoms with E-state index in [1.807, 2.05) is 24.3 Å². The van der Waals surface area contributed by atoms with Crippen LogP contribution >= 0.6 is 23.8 Å². The topological polar surface area (TPSA) is 33.6 Å². The maximum atomic E-state index is 5.98. The first-order valence-corrected chi connectivity index (χ1v) is 7.30. The number of nitrogens with zero attached hydrogens (tertiary/aromatic N) is 2. The molecule has 3 rings (SSSR count). The number of hydrogen-bond acceptors (Lipinski definition) is 2. The number of nitrogens with one attached hydrogen (secondary N) is 1. The lowest BCUT2D eigenvalue weighted by Gasteiger charge is -2.17. The van der Waals surface area contributed by atoms with Crippen LogP contribution in [-0.4, -0.2) is 14.5 Å². The van der Waals surface area contributed by atoms with Crippen LogP contribution in [0.25, 0.3) is 11.2 Å². The Kier molecular flexibility index (Phi) is 3.59. The van der Waals surface area contributed by atoms with Crippen LogP contribution in [-0.2, 0) is 0 Å². The van der Waals surface area contributed by atoms with Crippen LogP contribution < -0.4 is 0 Å². The Balaban J connectivity index is 2.22. The standard InChI is InChI=1S/C15H14ClN3S/c1-2-13(10-6-4-3-5-7-10)19-14-12(18-15(19)20)8-11(16)9-17-14/h3-9,13H,2H2,1H3,(H,18,20). The Morgan fingerprint density at radius 1 is 1.35 bits per heavy atom. The molecule has 0 aliphatic heterocycles. The molecule has 0 bridgehead atoms. The van der Waals surface area contributed by atoms with Gasteiger partial charge in [0.15, 0.2) is 10.4 Å². The minimum atomic E-state index is 0.172. The molecule has 0 aliphatic carbocycles. The van der Waals surface area contributed by atoms with Gasteiger partial charge < -0.3 is 4.98 Å². The lowest BCUT2D eigenvalue weighted by molar-refractivity contribution is 0.571. The van der Waals surface area contributed by atoms with Gasteiger partial charge in [0.1, 0.15) is 0 Å². The van der Waals surface area contributed by atoms with Crippen molar-refractivity contribution in [3.63, 3.8) is 0 Å². The van der Waals surface area contributed by atoms with Crippen molar-refractivity contribution in [2.24, 2.45) is 0 Å². The van der Waals surface area contributed by atoms with E-state index >= 15 is 0 Å². The third kappa shape index (κ3) is 2.25. The number of hydrogen-bond donors (Lipinski definition) is 1. The van der Waals surface area contributed by atoms with Crippen molar-refractivity contribution in [2.75, 3.05) is 0 Å². The molecule has 1 unspecified atom stereocenters. The second-order valence-corrected chi connectivity index (χ2v) is 5.48. The molecule has 0 radical (unpaired) electrons. The van der Waals surface area contributed by atoms with E-state index in [2.05, 4.69) is 33.6 Å². The minimum absolute atomic E-state index is 0.172. The minimum Gasteiger partial charge on any atom is -0.329 e. The molecule has 3 nitrogen and oxygen atoms in total. The lowest BCUT2D eigenvalue weighted by Crippen LogP contribution is -2.10. The van der Waals surface area contributed by atoms with Crippen LogP contribution in [0.15, 0.2) is 42.6 Å². The number of rotatable bonds is 3. The Morgan fingerprint density at radius 2 is 2.10 bits per heavy atom. The molecule has 1 aromatic carbocycles. The van der Waals surface area contributed by atoms with E-state index in [9.17, 15) is 0 Å². The Labute approximate surface area is 127 Å². The molecule has 0 saturated heterocycles. The summed E-state index contributed by atoms with van der Waals surface area (Å²) in [5.41, 5.74) is 2.94. The number of halogens is 1. The molecule has 0 fully saturated rings. The van der Waals surface area contributed by atoms with Crippen molar-refractivity contribution in [3.8, 4) is 0 Å². The first kappa shape index (κ1) is 13.3. The highest BCUT2D eigenvalue weighted by atomic mass is 35.5. The molecular weight excluding hydrogens is 290 g/mol. The quantitative estimate of drug-likeness (QED) is 0.709. The van der Waals surface area contributed by atoms with Gasteiger partial charge in [0, 0.05) is 6.20 Å². The van der Waals surface area contributed by atoms with Gasteiger partial charge in [0.05, 0.1) is 16.6 Å². The number of pyridine rings is 1. The highest BCUT2D eigenvalue weighted by molar-refractivity contribution is 7.71. The van der Waals surface area contributed by atoms with E-state index in [1.54, 1.807) is 6.20 Å². The van der Waals surface area contributed by atoms with Crippen LogP contribution in [0.3, 0.4) is 0 Å². The zero-order valence-corrected chi connectivity index (χ0v) is 12.6. The molecule has 2 aromatic heterocycles.